The van der Waals surface area contributed by atoms with E-state index in [4.69, 9.17) is 0 Å². The lowest BCUT2D eigenvalue weighted by Gasteiger charge is -2.23. The summed E-state index contributed by atoms with van der Waals surface area (Å²) in [5.74, 6) is -1.40. The third-order valence-electron chi connectivity index (χ3n) is 3.23. The second-order valence-corrected chi connectivity index (χ2v) is 6.64. The molecule has 0 aromatic heterocycles. The average molecular weight is 290 g/mol. The molecule has 1 aliphatic rings. The van der Waals surface area contributed by atoms with Gasteiger partial charge in [-0.2, -0.15) is 0 Å². The Labute approximate surface area is 111 Å². The number of hydrogen-bond donors (Lipinski definition) is 2. The summed E-state index contributed by atoms with van der Waals surface area (Å²) in [5.41, 5.74) is -0.191. The van der Waals surface area contributed by atoms with Gasteiger partial charge in [-0.3, -0.25) is 4.72 Å². The number of benzene rings is 1. The van der Waals surface area contributed by atoms with Crippen molar-refractivity contribution in [3.63, 3.8) is 0 Å². The van der Waals surface area contributed by atoms with Crippen molar-refractivity contribution in [2.45, 2.75) is 25.0 Å². The fourth-order valence-electron chi connectivity index (χ4n) is 2.07. The Balaban J connectivity index is 2.22. The maximum atomic E-state index is 13.6. The van der Waals surface area contributed by atoms with Crippen LogP contribution in [-0.4, -0.2) is 26.8 Å². The molecule has 1 heterocycles. The van der Waals surface area contributed by atoms with Crippen LogP contribution in [0.25, 0.3) is 0 Å². The van der Waals surface area contributed by atoms with Crippen molar-refractivity contribution in [3.8, 4) is 0 Å². The molecule has 1 fully saturated rings. The largest absolute Gasteiger partial charge is 0.317 e. The van der Waals surface area contributed by atoms with E-state index in [-0.39, 0.29) is 11.3 Å². The summed E-state index contributed by atoms with van der Waals surface area (Å²) in [7, 11) is -3.69. The van der Waals surface area contributed by atoms with Gasteiger partial charge in [0.2, 0.25) is 10.0 Å². The molecule has 1 aliphatic heterocycles. The Morgan fingerprint density at radius 3 is 2.47 bits per heavy atom. The van der Waals surface area contributed by atoms with E-state index in [0.717, 1.165) is 12.1 Å². The van der Waals surface area contributed by atoms with Crippen LogP contribution >= 0.6 is 0 Å². The maximum absolute atomic E-state index is 13.6. The van der Waals surface area contributed by atoms with E-state index in [9.17, 15) is 17.2 Å². The highest BCUT2D eigenvalue weighted by Crippen LogP contribution is 2.23. The second kappa shape index (κ2) is 5.42. The molecule has 2 rings (SSSR count). The van der Waals surface area contributed by atoms with E-state index in [0.29, 0.717) is 25.9 Å². The van der Waals surface area contributed by atoms with Gasteiger partial charge in [0.15, 0.2) is 0 Å². The highest BCUT2D eigenvalue weighted by Gasteiger charge is 2.28. The van der Waals surface area contributed by atoms with E-state index in [1.807, 2.05) is 0 Å². The number of rotatable bonds is 3. The normalized spacial score (nSPS) is 17.4. The van der Waals surface area contributed by atoms with Crippen LogP contribution in [0.15, 0.2) is 12.1 Å². The molecule has 1 saturated heterocycles. The van der Waals surface area contributed by atoms with Gasteiger partial charge in [-0.15, -0.1) is 0 Å². The molecule has 0 unspecified atom stereocenters. The minimum Gasteiger partial charge on any atom is -0.317 e. The van der Waals surface area contributed by atoms with Crippen molar-refractivity contribution in [2.24, 2.45) is 0 Å². The van der Waals surface area contributed by atoms with Gasteiger partial charge in [-0.1, -0.05) is 0 Å². The van der Waals surface area contributed by atoms with Gasteiger partial charge in [0.1, 0.15) is 11.6 Å². The first kappa shape index (κ1) is 14.2. The first-order chi connectivity index (χ1) is 8.90. The molecule has 0 spiro atoms. The molecule has 0 radical (unpaired) electrons. The summed E-state index contributed by atoms with van der Waals surface area (Å²) >= 11 is 0. The molecule has 19 heavy (non-hydrogen) atoms. The van der Waals surface area contributed by atoms with E-state index in [1.54, 1.807) is 0 Å². The summed E-state index contributed by atoms with van der Waals surface area (Å²) in [6.45, 7) is 2.64. The molecule has 106 valence electrons. The van der Waals surface area contributed by atoms with Crippen molar-refractivity contribution in [1.29, 1.82) is 0 Å². The van der Waals surface area contributed by atoms with Gasteiger partial charge in [0.05, 0.1) is 10.9 Å². The van der Waals surface area contributed by atoms with Gasteiger partial charge in [-0.05, 0) is 44.5 Å². The maximum Gasteiger partial charge on any atom is 0.235 e. The van der Waals surface area contributed by atoms with Gasteiger partial charge in [0, 0.05) is 6.07 Å². The van der Waals surface area contributed by atoms with Crippen LogP contribution in [0.4, 0.5) is 14.5 Å². The topological polar surface area (TPSA) is 58.2 Å². The van der Waals surface area contributed by atoms with Crippen molar-refractivity contribution >= 4 is 15.7 Å². The Morgan fingerprint density at radius 1 is 1.21 bits per heavy atom. The first-order valence-corrected chi connectivity index (χ1v) is 7.63. The smallest absolute Gasteiger partial charge is 0.235 e. The Hall–Kier alpha value is -1.21. The zero-order valence-corrected chi connectivity index (χ0v) is 11.4. The second-order valence-electron chi connectivity index (χ2n) is 4.68. The van der Waals surface area contributed by atoms with Crippen LogP contribution in [-0.2, 0) is 10.0 Å². The monoisotopic (exact) mass is 290 g/mol. The fourth-order valence-corrected chi connectivity index (χ4v) is 3.55. The van der Waals surface area contributed by atoms with Gasteiger partial charge in [0.25, 0.3) is 0 Å². The van der Waals surface area contributed by atoms with Crippen LogP contribution in [0, 0.1) is 18.6 Å². The van der Waals surface area contributed by atoms with Crippen LogP contribution in [0.1, 0.15) is 18.4 Å². The lowest BCUT2D eigenvalue weighted by Crippen LogP contribution is -2.38. The molecule has 4 nitrogen and oxygen atoms in total. The molecule has 0 aliphatic carbocycles. The van der Waals surface area contributed by atoms with Crippen molar-refractivity contribution in [3.05, 3.63) is 29.3 Å². The Kier molecular flexibility index (Phi) is 4.05. The lowest BCUT2D eigenvalue weighted by atomic mass is 10.2. The molecular weight excluding hydrogens is 274 g/mol. The summed E-state index contributed by atoms with van der Waals surface area (Å²) in [4.78, 5) is 0. The van der Waals surface area contributed by atoms with E-state index < -0.39 is 26.9 Å². The Morgan fingerprint density at radius 2 is 1.84 bits per heavy atom. The molecule has 1 aromatic carbocycles. The number of piperidine rings is 1. The molecule has 0 bridgehead atoms. The van der Waals surface area contributed by atoms with E-state index in [1.165, 1.54) is 6.92 Å². The van der Waals surface area contributed by atoms with Crippen molar-refractivity contribution in [2.75, 3.05) is 17.8 Å². The van der Waals surface area contributed by atoms with Gasteiger partial charge < -0.3 is 5.32 Å². The SMILES string of the molecule is Cc1cc(F)c(NS(=O)(=O)C2CCNCC2)cc1F. The molecule has 2 N–H and O–H groups in total. The standard InChI is InChI=1S/C12H16F2N2O2S/c1-8-6-11(14)12(7-10(8)13)16-19(17,18)9-2-4-15-5-3-9/h6-7,9,15-16H,2-5H2,1H3. The highest BCUT2D eigenvalue weighted by molar-refractivity contribution is 7.93. The quantitative estimate of drug-likeness (QED) is 0.892. The van der Waals surface area contributed by atoms with E-state index in [2.05, 4.69) is 10.0 Å². The number of anilines is 1. The molecule has 0 amide bonds. The lowest BCUT2D eigenvalue weighted by molar-refractivity contribution is 0.498. The fraction of sp³-hybridized carbons (Fsp3) is 0.500. The van der Waals surface area contributed by atoms with Crippen LogP contribution in [0.2, 0.25) is 0 Å². The number of aryl methyl sites for hydroxylation is 1. The number of sulfonamides is 1. The molecule has 0 atom stereocenters. The average Bonchev–Trinajstić information content (AvgIpc) is 2.37. The number of hydrogen-bond acceptors (Lipinski definition) is 3. The van der Waals surface area contributed by atoms with Crippen molar-refractivity contribution < 1.29 is 17.2 Å². The van der Waals surface area contributed by atoms with Crippen LogP contribution < -0.4 is 10.0 Å². The number of halogens is 2. The van der Waals surface area contributed by atoms with Crippen molar-refractivity contribution in [1.82, 2.24) is 5.32 Å². The summed E-state index contributed by atoms with van der Waals surface area (Å²) in [6.07, 6.45) is 0.927. The third kappa shape index (κ3) is 3.22. The number of nitrogens with one attached hydrogen (secondary N) is 2. The van der Waals surface area contributed by atoms with E-state index >= 15 is 0 Å². The highest BCUT2D eigenvalue weighted by atomic mass is 32.2. The minimum absolute atomic E-state index is 0.141. The molecule has 0 saturated carbocycles. The van der Waals surface area contributed by atoms with Gasteiger partial charge in [-0.25, -0.2) is 17.2 Å². The van der Waals surface area contributed by atoms with Gasteiger partial charge >= 0.3 is 0 Å². The zero-order valence-electron chi connectivity index (χ0n) is 10.5. The predicted molar refractivity (Wildman–Crippen MR) is 69.5 cm³/mol. The summed E-state index contributed by atoms with van der Waals surface area (Å²) in [6, 6.07) is 1.86. The Bertz CT molecular complexity index is 569. The first-order valence-electron chi connectivity index (χ1n) is 6.08. The zero-order chi connectivity index (χ0) is 14.0. The summed E-state index contributed by atoms with van der Waals surface area (Å²) in [5, 5.41) is 2.48. The van der Waals surface area contributed by atoms with Crippen LogP contribution in [0.5, 0.6) is 0 Å². The third-order valence-corrected chi connectivity index (χ3v) is 5.08. The molecule has 7 heteroatoms. The molecular formula is C12H16F2N2O2S. The molecule has 1 aromatic rings. The summed E-state index contributed by atoms with van der Waals surface area (Å²) < 4.78 is 53.3. The minimum atomic E-state index is -3.69. The predicted octanol–water partition coefficient (Wildman–Crippen LogP) is 1.77. The van der Waals surface area contributed by atoms with Crippen LogP contribution in [0.3, 0.4) is 0 Å².